The highest BCUT2D eigenvalue weighted by Crippen LogP contribution is 2.49. The topological polar surface area (TPSA) is 83.0 Å². The van der Waals surface area contributed by atoms with Crippen LogP contribution < -0.4 is 15.0 Å². The Labute approximate surface area is 290 Å². The first-order valence-electron chi connectivity index (χ1n) is 17.6. The van der Waals surface area contributed by atoms with Gasteiger partial charge in [0.15, 0.2) is 0 Å². The number of phenolic OH excluding ortho intramolecular Hbond substituents is 1. The summed E-state index contributed by atoms with van der Waals surface area (Å²) in [6, 6.07) is 9.95. The van der Waals surface area contributed by atoms with Gasteiger partial charge < -0.3 is 24.8 Å². The molecule has 8 nitrogen and oxygen atoms in total. The van der Waals surface area contributed by atoms with E-state index >= 15 is 4.39 Å². The van der Waals surface area contributed by atoms with Crippen LogP contribution in [0.1, 0.15) is 63.0 Å². The number of nitrogens with one attached hydrogen (secondary N) is 1. The number of benzene rings is 3. The molecule has 49 heavy (non-hydrogen) atoms. The van der Waals surface area contributed by atoms with Crippen LogP contribution in [-0.2, 0) is 4.74 Å². The molecule has 10 heteroatoms. The van der Waals surface area contributed by atoms with Crippen LogP contribution in [0.5, 0.6) is 11.8 Å². The number of nitrogens with zero attached hydrogens (tertiary/aromatic N) is 4. The summed E-state index contributed by atoms with van der Waals surface area (Å²) in [5, 5.41) is 17.0. The van der Waals surface area contributed by atoms with Crippen molar-refractivity contribution in [2.45, 2.75) is 76.1 Å². The molecule has 5 heterocycles. The van der Waals surface area contributed by atoms with Crippen molar-refractivity contribution in [1.29, 1.82) is 0 Å². The van der Waals surface area contributed by atoms with Crippen LogP contribution in [0.15, 0.2) is 30.3 Å². The summed E-state index contributed by atoms with van der Waals surface area (Å²) in [6.07, 6.45) is 11.9. The molecule has 2 unspecified atom stereocenters. The fourth-order valence-electron chi connectivity index (χ4n) is 8.82. The molecule has 3 aromatic carbocycles. The van der Waals surface area contributed by atoms with Gasteiger partial charge in [-0.05, 0) is 78.8 Å². The minimum Gasteiger partial charge on any atom is -0.508 e. The average molecular weight is 682 g/mol. The Hall–Kier alpha value is -3.68. The summed E-state index contributed by atoms with van der Waals surface area (Å²) < 4.78 is 27.6. The number of ether oxygens (including phenoxy) is 2. The van der Waals surface area contributed by atoms with Crippen molar-refractivity contribution in [2.75, 3.05) is 44.3 Å². The van der Waals surface area contributed by atoms with Crippen molar-refractivity contribution < 1.29 is 19.0 Å². The van der Waals surface area contributed by atoms with Crippen molar-refractivity contribution in [3.8, 4) is 35.2 Å². The molecule has 0 amide bonds. The van der Waals surface area contributed by atoms with Crippen molar-refractivity contribution in [3.05, 3.63) is 52.3 Å². The monoisotopic (exact) mass is 681 g/mol. The zero-order valence-electron chi connectivity index (χ0n) is 27.9. The highest BCUT2D eigenvalue weighted by molar-refractivity contribution is 6.39. The third kappa shape index (κ3) is 5.39. The number of hydrogen-bond donors (Lipinski definition) is 2. The maximum Gasteiger partial charge on any atom is 0.319 e. The Morgan fingerprint density at radius 1 is 1.16 bits per heavy atom. The number of likely N-dealkylation sites (tertiary alicyclic amines) is 1. The highest BCUT2D eigenvalue weighted by atomic mass is 35.5. The standard InChI is InChI=1S/C39H41ClFN5O3/c1-4-28-32(41)8-5-22-11-26(47)13-30(33(22)28)34-29(21(2)3)14-31-36(35(34)40)43-38(44-37(31)45-15-23-6-7-24(16-45)42-23)49-20-39(9-10-39)19-46-17-27-12-25(46)18-48-27/h1,5,8,11,13-14,21,23-25,27,42,47H,6-7,9-10,12,15-20H2,2-3H3/t23?,24?,25-,27-/m1/s1. The van der Waals surface area contributed by atoms with Gasteiger partial charge in [-0.25, -0.2) is 4.39 Å². The lowest BCUT2D eigenvalue weighted by Gasteiger charge is -2.34. The van der Waals surface area contributed by atoms with Crippen molar-refractivity contribution in [2.24, 2.45) is 5.41 Å². The maximum absolute atomic E-state index is 15.2. The van der Waals surface area contributed by atoms with E-state index in [1.165, 1.54) is 6.07 Å². The molecule has 254 valence electrons. The molecule has 4 aliphatic heterocycles. The third-order valence-corrected chi connectivity index (χ3v) is 11.9. The second-order valence-electron chi connectivity index (χ2n) is 15.3. The van der Waals surface area contributed by atoms with Gasteiger partial charge in [-0.15, -0.1) is 6.42 Å². The van der Waals surface area contributed by atoms with E-state index in [2.05, 4.69) is 41.0 Å². The first-order chi connectivity index (χ1) is 23.7. The van der Waals surface area contributed by atoms with Gasteiger partial charge in [0.2, 0.25) is 0 Å². The van der Waals surface area contributed by atoms with Crippen molar-refractivity contribution in [3.63, 3.8) is 0 Å². The molecular formula is C39H41ClFN5O3. The van der Waals surface area contributed by atoms with E-state index in [1.807, 2.05) is 0 Å². The predicted octanol–water partition coefficient (Wildman–Crippen LogP) is 6.63. The van der Waals surface area contributed by atoms with Gasteiger partial charge in [-0.3, -0.25) is 4.90 Å². The molecule has 9 rings (SSSR count). The van der Waals surface area contributed by atoms with Crippen LogP contribution in [0.4, 0.5) is 10.2 Å². The predicted molar refractivity (Wildman–Crippen MR) is 190 cm³/mol. The van der Waals surface area contributed by atoms with Crippen molar-refractivity contribution in [1.82, 2.24) is 20.2 Å². The van der Waals surface area contributed by atoms with Crippen LogP contribution >= 0.6 is 11.6 Å². The minimum absolute atomic E-state index is 0.0288. The number of phenols is 1. The van der Waals surface area contributed by atoms with Gasteiger partial charge in [0.05, 0.1) is 35.4 Å². The summed E-state index contributed by atoms with van der Waals surface area (Å²) in [6.45, 7) is 9.25. The summed E-state index contributed by atoms with van der Waals surface area (Å²) in [5.41, 5.74) is 2.98. The minimum atomic E-state index is -0.498. The molecule has 0 spiro atoms. The van der Waals surface area contributed by atoms with Gasteiger partial charge in [-0.2, -0.15) is 9.97 Å². The number of rotatable bonds is 8. The first-order valence-corrected chi connectivity index (χ1v) is 18.0. The lowest BCUT2D eigenvalue weighted by molar-refractivity contribution is 0.0176. The van der Waals surface area contributed by atoms with E-state index < -0.39 is 5.82 Å². The number of terminal acetylenes is 1. The fourth-order valence-corrected chi connectivity index (χ4v) is 9.18. The van der Waals surface area contributed by atoms with E-state index in [4.69, 9.17) is 37.5 Å². The summed E-state index contributed by atoms with van der Waals surface area (Å²) in [7, 11) is 0. The number of aromatic hydroxyl groups is 1. The molecular weight excluding hydrogens is 641 g/mol. The number of piperazine rings is 1. The average Bonchev–Trinajstić information content (AvgIpc) is 3.34. The normalized spacial score (nSPS) is 25.5. The fraction of sp³-hybridized carbons (Fsp3) is 0.487. The number of halogens is 2. The van der Waals surface area contributed by atoms with Gasteiger partial charge in [0, 0.05) is 66.1 Å². The van der Waals surface area contributed by atoms with E-state index in [0.717, 1.165) is 81.7 Å². The molecule has 1 saturated carbocycles. The molecule has 1 aromatic heterocycles. The Morgan fingerprint density at radius 3 is 2.63 bits per heavy atom. The number of morpholine rings is 1. The van der Waals surface area contributed by atoms with Gasteiger partial charge in [0.1, 0.15) is 17.4 Å². The first kappa shape index (κ1) is 31.3. The van der Waals surface area contributed by atoms with E-state index in [0.29, 0.717) is 69.3 Å². The molecule has 4 saturated heterocycles. The molecule has 5 aliphatic rings. The maximum atomic E-state index is 15.2. The van der Waals surface area contributed by atoms with Crippen LogP contribution in [0.2, 0.25) is 5.02 Å². The van der Waals surface area contributed by atoms with Crippen LogP contribution in [0, 0.1) is 23.6 Å². The van der Waals surface area contributed by atoms with E-state index in [1.54, 1.807) is 18.2 Å². The number of fused-ring (bicyclic) bond motifs is 6. The summed E-state index contributed by atoms with van der Waals surface area (Å²) in [5.74, 6) is 2.95. The lowest BCUT2D eigenvalue weighted by atomic mass is 9.87. The summed E-state index contributed by atoms with van der Waals surface area (Å²) in [4.78, 5) is 15.1. The summed E-state index contributed by atoms with van der Waals surface area (Å²) >= 11 is 7.50. The lowest BCUT2D eigenvalue weighted by Crippen LogP contribution is -2.51. The SMILES string of the molecule is C#Cc1c(F)ccc2cc(O)cc(-c3c(C(C)C)cc4c(N5CC6CCC(C5)N6)nc(OCC5(CN6C[C@H]7C[C@@H]6CO7)CC5)nc4c3Cl)c12. The third-order valence-electron chi connectivity index (χ3n) is 11.5. The molecule has 5 fully saturated rings. The number of aromatic nitrogens is 2. The quantitative estimate of drug-likeness (QED) is 0.201. The second kappa shape index (κ2) is 11.7. The molecule has 2 N–H and O–H groups in total. The largest absolute Gasteiger partial charge is 0.508 e. The zero-order chi connectivity index (χ0) is 33.6. The smallest absolute Gasteiger partial charge is 0.319 e. The Kier molecular flexibility index (Phi) is 7.48. The highest BCUT2D eigenvalue weighted by Gasteiger charge is 2.49. The second-order valence-corrected chi connectivity index (χ2v) is 15.7. The molecule has 1 aliphatic carbocycles. The van der Waals surface area contributed by atoms with Gasteiger partial charge in [-0.1, -0.05) is 37.4 Å². The van der Waals surface area contributed by atoms with E-state index in [9.17, 15) is 5.11 Å². The van der Waals surface area contributed by atoms with Crippen molar-refractivity contribution >= 4 is 39.1 Å². The molecule has 4 bridgehead atoms. The molecule has 4 aromatic rings. The number of hydrogen-bond acceptors (Lipinski definition) is 8. The van der Waals surface area contributed by atoms with Crippen LogP contribution in [-0.4, -0.2) is 83.6 Å². The molecule has 0 radical (unpaired) electrons. The zero-order valence-corrected chi connectivity index (χ0v) is 28.7. The molecule has 4 atom stereocenters. The van der Waals surface area contributed by atoms with E-state index in [-0.39, 0.29) is 22.6 Å². The number of anilines is 1. The van der Waals surface area contributed by atoms with Crippen LogP contribution in [0.3, 0.4) is 0 Å². The van der Waals surface area contributed by atoms with Crippen LogP contribution in [0.25, 0.3) is 32.8 Å². The van der Waals surface area contributed by atoms with Gasteiger partial charge >= 0.3 is 6.01 Å². The van der Waals surface area contributed by atoms with Gasteiger partial charge in [0.25, 0.3) is 0 Å². The Bertz CT molecular complexity index is 2030. The Morgan fingerprint density at radius 2 is 1.96 bits per heavy atom. The Balaban J connectivity index is 1.18.